The first kappa shape index (κ1) is 12.3. The predicted molar refractivity (Wildman–Crippen MR) is 71.6 cm³/mol. The Bertz CT molecular complexity index is 495. The first-order valence-electron chi connectivity index (χ1n) is 5.31. The van der Waals surface area contributed by atoms with Gasteiger partial charge in [0.05, 0.1) is 0 Å². The Labute approximate surface area is 109 Å². The smallest absolute Gasteiger partial charge is 0.210 e. The summed E-state index contributed by atoms with van der Waals surface area (Å²) < 4.78 is 1.52. The van der Waals surface area contributed by atoms with Crippen LogP contribution in [-0.2, 0) is 0 Å². The number of aromatic nitrogens is 3. The summed E-state index contributed by atoms with van der Waals surface area (Å²) in [6.07, 6.45) is 1.08. The maximum atomic E-state index is 5.95. The van der Waals surface area contributed by atoms with Crippen LogP contribution in [0.15, 0.2) is 29.4 Å². The van der Waals surface area contributed by atoms with Gasteiger partial charge in [-0.15, -0.1) is 10.2 Å². The molecule has 17 heavy (non-hydrogen) atoms. The largest absolute Gasteiger partial charge is 0.335 e. The summed E-state index contributed by atoms with van der Waals surface area (Å²) in [4.78, 5) is 0. The average Bonchev–Trinajstić information content (AvgIpc) is 2.69. The number of thioether (sulfide) groups is 1. The molecule has 1 aromatic carbocycles. The minimum atomic E-state index is 0.653. The van der Waals surface area contributed by atoms with Gasteiger partial charge in [-0.25, -0.2) is 4.68 Å². The molecule has 2 N–H and O–H groups in total. The summed E-state index contributed by atoms with van der Waals surface area (Å²) in [5, 5.41) is 9.59. The zero-order chi connectivity index (χ0) is 12.3. The highest BCUT2D eigenvalue weighted by atomic mass is 35.5. The maximum Gasteiger partial charge on any atom is 0.210 e. The fraction of sp³-hybridized carbons (Fsp3) is 0.273. The van der Waals surface area contributed by atoms with Crippen molar-refractivity contribution < 1.29 is 0 Å². The molecule has 90 valence electrons. The van der Waals surface area contributed by atoms with E-state index in [0.717, 1.165) is 22.9 Å². The van der Waals surface area contributed by atoms with E-state index >= 15 is 0 Å². The lowest BCUT2D eigenvalue weighted by Gasteiger charge is -2.03. The molecule has 0 fully saturated rings. The topological polar surface area (TPSA) is 56.7 Å². The lowest BCUT2D eigenvalue weighted by atomic mass is 10.2. The molecule has 0 aliphatic heterocycles. The molecular formula is C11H13ClN4S. The maximum absolute atomic E-state index is 5.95. The molecule has 0 spiro atoms. The van der Waals surface area contributed by atoms with Gasteiger partial charge in [-0.1, -0.05) is 30.3 Å². The summed E-state index contributed by atoms with van der Waals surface area (Å²) in [5.41, 5.74) is 0.910. The van der Waals surface area contributed by atoms with Crippen molar-refractivity contribution in [2.24, 2.45) is 0 Å². The Balaban J connectivity index is 2.27. The molecular weight excluding hydrogens is 256 g/mol. The first-order valence-corrected chi connectivity index (χ1v) is 6.68. The van der Waals surface area contributed by atoms with Crippen molar-refractivity contribution >= 4 is 23.4 Å². The van der Waals surface area contributed by atoms with Crippen LogP contribution in [0.25, 0.3) is 11.4 Å². The Morgan fingerprint density at radius 1 is 1.29 bits per heavy atom. The number of halogens is 1. The second kappa shape index (κ2) is 5.42. The molecule has 0 atom stereocenters. The highest BCUT2D eigenvalue weighted by Gasteiger charge is 2.11. The van der Waals surface area contributed by atoms with Crippen LogP contribution in [0, 0.1) is 0 Å². The number of nitrogens with zero attached hydrogens (tertiary/aromatic N) is 3. The van der Waals surface area contributed by atoms with E-state index in [2.05, 4.69) is 17.1 Å². The van der Waals surface area contributed by atoms with Crippen molar-refractivity contribution in [1.82, 2.24) is 14.9 Å². The first-order chi connectivity index (χ1) is 8.22. The molecule has 1 aromatic heterocycles. The van der Waals surface area contributed by atoms with Crippen molar-refractivity contribution in [3.63, 3.8) is 0 Å². The summed E-state index contributed by atoms with van der Waals surface area (Å²) in [5.74, 6) is 7.59. The quantitative estimate of drug-likeness (QED) is 0.684. The molecule has 2 aromatic rings. The second-order valence-electron chi connectivity index (χ2n) is 3.53. The predicted octanol–water partition coefficient (Wildman–Crippen LogP) is 2.81. The second-order valence-corrected chi connectivity index (χ2v) is 5.03. The van der Waals surface area contributed by atoms with Crippen molar-refractivity contribution in [2.45, 2.75) is 18.5 Å². The fourth-order valence-corrected chi connectivity index (χ4v) is 2.20. The molecule has 2 rings (SSSR count). The van der Waals surface area contributed by atoms with Crippen molar-refractivity contribution in [3.8, 4) is 11.4 Å². The average molecular weight is 269 g/mol. The van der Waals surface area contributed by atoms with Gasteiger partial charge in [-0.2, -0.15) is 0 Å². The van der Waals surface area contributed by atoms with Crippen molar-refractivity contribution in [2.75, 3.05) is 11.6 Å². The van der Waals surface area contributed by atoms with E-state index < -0.39 is 0 Å². The van der Waals surface area contributed by atoms with Crippen LogP contribution in [0.1, 0.15) is 13.3 Å². The van der Waals surface area contributed by atoms with E-state index in [1.54, 1.807) is 11.8 Å². The zero-order valence-corrected chi connectivity index (χ0v) is 11.0. The van der Waals surface area contributed by atoms with Crippen LogP contribution >= 0.6 is 23.4 Å². The molecule has 0 saturated carbocycles. The Kier molecular flexibility index (Phi) is 3.91. The molecule has 6 heteroatoms. The van der Waals surface area contributed by atoms with Gasteiger partial charge >= 0.3 is 0 Å². The van der Waals surface area contributed by atoms with Gasteiger partial charge in [-0.05, 0) is 30.7 Å². The van der Waals surface area contributed by atoms with Gasteiger partial charge in [0, 0.05) is 16.3 Å². The lowest BCUT2D eigenvalue weighted by molar-refractivity contribution is 0.848. The molecule has 0 amide bonds. The normalized spacial score (nSPS) is 10.7. The Morgan fingerprint density at radius 3 is 2.65 bits per heavy atom. The third-order valence-electron chi connectivity index (χ3n) is 2.20. The van der Waals surface area contributed by atoms with Crippen LogP contribution < -0.4 is 5.84 Å². The standard InChI is InChI=1S/C11H13ClN4S/c1-2-7-17-11-15-14-10(16(11)13)8-3-5-9(12)6-4-8/h3-6H,2,7,13H2,1H3. The van der Waals surface area contributed by atoms with Crippen LogP contribution in [0.4, 0.5) is 0 Å². The van der Waals surface area contributed by atoms with Gasteiger partial charge in [0.1, 0.15) is 0 Å². The molecule has 4 nitrogen and oxygen atoms in total. The number of hydrogen-bond acceptors (Lipinski definition) is 4. The molecule has 1 heterocycles. The number of rotatable bonds is 4. The summed E-state index contributed by atoms with van der Waals surface area (Å²) >= 11 is 7.44. The van der Waals surface area contributed by atoms with E-state index in [9.17, 15) is 0 Å². The van der Waals surface area contributed by atoms with Gasteiger partial charge in [-0.3, -0.25) is 0 Å². The molecule has 0 unspecified atom stereocenters. The summed E-state index contributed by atoms with van der Waals surface area (Å²) in [7, 11) is 0. The summed E-state index contributed by atoms with van der Waals surface area (Å²) in [6.45, 7) is 2.12. The number of benzene rings is 1. The number of nitrogens with two attached hydrogens (primary N) is 1. The lowest BCUT2D eigenvalue weighted by Crippen LogP contribution is -2.11. The minimum absolute atomic E-state index is 0.653. The van der Waals surface area contributed by atoms with E-state index in [-0.39, 0.29) is 0 Å². The summed E-state index contributed by atoms with van der Waals surface area (Å²) in [6, 6.07) is 7.38. The van der Waals surface area contributed by atoms with Crippen LogP contribution in [0.2, 0.25) is 5.02 Å². The molecule has 0 bridgehead atoms. The molecule has 0 saturated heterocycles. The van der Waals surface area contributed by atoms with E-state index in [0.29, 0.717) is 10.8 Å². The SMILES string of the molecule is CCCSc1nnc(-c2ccc(Cl)cc2)n1N. The van der Waals surface area contributed by atoms with Crippen LogP contribution in [-0.4, -0.2) is 20.6 Å². The Hall–Kier alpha value is -1.20. The minimum Gasteiger partial charge on any atom is -0.335 e. The van der Waals surface area contributed by atoms with Crippen molar-refractivity contribution in [3.05, 3.63) is 29.3 Å². The molecule has 0 aliphatic carbocycles. The van der Waals surface area contributed by atoms with Crippen LogP contribution in [0.3, 0.4) is 0 Å². The number of nitrogen functional groups attached to an aromatic ring is 1. The van der Waals surface area contributed by atoms with E-state index in [1.807, 2.05) is 24.3 Å². The highest BCUT2D eigenvalue weighted by molar-refractivity contribution is 7.99. The van der Waals surface area contributed by atoms with Gasteiger partial charge in [0.2, 0.25) is 5.16 Å². The monoisotopic (exact) mass is 268 g/mol. The van der Waals surface area contributed by atoms with E-state index in [1.165, 1.54) is 4.68 Å². The van der Waals surface area contributed by atoms with Crippen LogP contribution in [0.5, 0.6) is 0 Å². The zero-order valence-electron chi connectivity index (χ0n) is 9.43. The third kappa shape index (κ3) is 2.73. The molecule has 0 aliphatic rings. The van der Waals surface area contributed by atoms with E-state index in [4.69, 9.17) is 17.4 Å². The third-order valence-corrected chi connectivity index (χ3v) is 3.60. The van der Waals surface area contributed by atoms with Gasteiger partial charge < -0.3 is 5.84 Å². The highest BCUT2D eigenvalue weighted by Crippen LogP contribution is 2.23. The number of hydrogen-bond donors (Lipinski definition) is 1. The fourth-order valence-electron chi connectivity index (χ4n) is 1.36. The molecule has 0 radical (unpaired) electrons. The van der Waals surface area contributed by atoms with Crippen molar-refractivity contribution in [1.29, 1.82) is 0 Å². The van der Waals surface area contributed by atoms with Gasteiger partial charge in [0.25, 0.3) is 0 Å². The Morgan fingerprint density at radius 2 is 2.00 bits per heavy atom. The van der Waals surface area contributed by atoms with Gasteiger partial charge in [0.15, 0.2) is 5.82 Å².